The minimum Gasteiger partial charge on any atom is -0.351 e. The number of para-hydroxylation sites is 1. The molecule has 1 heterocycles. The number of benzene rings is 1. The maximum atomic E-state index is 12.6. The summed E-state index contributed by atoms with van der Waals surface area (Å²) in [6, 6.07) is 10.2. The summed E-state index contributed by atoms with van der Waals surface area (Å²) in [5.74, 6) is 0.500. The normalized spacial score (nSPS) is 22.3. The fourth-order valence-corrected chi connectivity index (χ4v) is 3.33. The smallest absolute Gasteiger partial charge is 0.270 e. The quantitative estimate of drug-likeness (QED) is 0.900. The molecule has 1 aromatic carbocycles. The van der Waals surface area contributed by atoms with E-state index in [9.17, 15) is 4.79 Å². The van der Waals surface area contributed by atoms with Crippen molar-refractivity contribution >= 4 is 16.8 Å². The van der Waals surface area contributed by atoms with Crippen LogP contribution >= 0.6 is 0 Å². The molecule has 0 saturated heterocycles. The molecule has 4 nitrogen and oxygen atoms in total. The lowest BCUT2D eigenvalue weighted by atomic mass is 10.0. The first-order valence-electron chi connectivity index (χ1n) is 7.25. The van der Waals surface area contributed by atoms with Gasteiger partial charge in [0.2, 0.25) is 0 Å². The van der Waals surface area contributed by atoms with E-state index in [1.807, 2.05) is 42.3 Å². The van der Waals surface area contributed by atoms with Gasteiger partial charge in [-0.3, -0.25) is 4.79 Å². The molecule has 106 valence electrons. The first kappa shape index (κ1) is 13.2. The van der Waals surface area contributed by atoms with E-state index in [1.165, 1.54) is 0 Å². The van der Waals surface area contributed by atoms with E-state index in [0.717, 1.165) is 30.2 Å². The molecular weight excluding hydrogens is 250 g/mol. The number of hydrogen-bond acceptors (Lipinski definition) is 2. The van der Waals surface area contributed by atoms with Crippen LogP contribution in [-0.2, 0) is 0 Å². The SMILES string of the molecule is CN(C(=O)c1cc2ccccc2[nH]1)C1CCCC1CN. The van der Waals surface area contributed by atoms with Crippen molar-refractivity contribution in [2.45, 2.75) is 25.3 Å². The van der Waals surface area contributed by atoms with Crippen molar-refractivity contribution < 1.29 is 4.79 Å². The van der Waals surface area contributed by atoms with Crippen LogP contribution in [0.5, 0.6) is 0 Å². The third-order valence-corrected chi connectivity index (χ3v) is 4.50. The van der Waals surface area contributed by atoms with Gasteiger partial charge in [-0.25, -0.2) is 0 Å². The molecule has 20 heavy (non-hydrogen) atoms. The second kappa shape index (κ2) is 5.29. The number of hydrogen-bond donors (Lipinski definition) is 2. The molecule has 1 saturated carbocycles. The Morgan fingerprint density at radius 3 is 2.95 bits per heavy atom. The van der Waals surface area contributed by atoms with Crippen molar-refractivity contribution in [2.24, 2.45) is 11.7 Å². The first-order valence-corrected chi connectivity index (χ1v) is 7.25. The van der Waals surface area contributed by atoms with Crippen LogP contribution in [0.4, 0.5) is 0 Å². The fourth-order valence-electron chi connectivity index (χ4n) is 3.33. The standard InChI is InChI=1S/C16H21N3O/c1-19(15-8-4-6-12(15)10-17)16(20)14-9-11-5-2-3-7-13(11)18-14/h2-3,5,7,9,12,15,18H,4,6,8,10,17H2,1H3. The molecule has 0 spiro atoms. The van der Waals surface area contributed by atoms with Gasteiger partial charge in [0.15, 0.2) is 0 Å². The number of amides is 1. The Bertz CT molecular complexity index is 586. The topological polar surface area (TPSA) is 62.1 Å². The molecule has 4 heteroatoms. The van der Waals surface area contributed by atoms with Crippen LogP contribution in [0.3, 0.4) is 0 Å². The number of aromatic amines is 1. The van der Waals surface area contributed by atoms with E-state index in [0.29, 0.717) is 18.2 Å². The van der Waals surface area contributed by atoms with E-state index in [4.69, 9.17) is 5.73 Å². The van der Waals surface area contributed by atoms with Crippen LogP contribution in [0.25, 0.3) is 10.9 Å². The third kappa shape index (κ3) is 2.20. The van der Waals surface area contributed by atoms with Crippen molar-refractivity contribution in [2.75, 3.05) is 13.6 Å². The highest BCUT2D eigenvalue weighted by atomic mass is 16.2. The summed E-state index contributed by atoms with van der Waals surface area (Å²) in [5, 5.41) is 1.08. The molecule has 2 unspecified atom stereocenters. The number of aromatic nitrogens is 1. The van der Waals surface area contributed by atoms with E-state index in [1.54, 1.807) is 0 Å². The van der Waals surface area contributed by atoms with Crippen molar-refractivity contribution in [3.05, 3.63) is 36.0 Å². The zero-order valence-corrected chi connectivity index (χ0v) is 11.8. The molecule has 3 rings (SSSR count). The average molecular weight is 271 g/mol. The van der Waals surface area contributed by atoms with Gasteiger partial charge in [-0.05, 0) is 37.4 Å². The van der Waals surface area contributed by atoms with E-state index >= 15 is 0 Å². The van der Waals surface area contributed by atoms with Crippen LogP contribution < -0.4 is 5.73 Å². The highest BCUT2D eigenvalue weighted by molar-refractivity contribution is 5.98. The van der Waals surface area contributed by atoms with Crippen LogP contribution in [0.15, 0.2) is 30.3 Å². The molecule has 3 N–H and O–H groups in total. The molecule has 1 amide bonds. The van der Waals surface area contributed by atoms with Gasteiger partial charge in [0, 0.05) is 24.0 Å². The minimum absolute atomic E-state index is 0.0616. The minimum atomic E-state index is 0.0616. The van der Waals surface area contributed by atoms with Gasteiger partial charge in [-0.15, -0.1) is 0 Å². The Morgan fingerprint density at radius 1 is 1.40 bits per heavy atom. The zero-order valence-electron chi connectivity index (χ0n) is 11.8. The molecule has 1 aliphatic carbocycles. The van der Waals surface area contributed by atoms with E-state index in [2.05, 4.69) is 4.98 Å². The second-order valence-corrected chi connectivity index (χ2v) is 5.68. The molecule has 1 aliphatic rings. The number of nitrogens with one attached hydrogen (secondary N) is 1. The number of carbonyl (C=O) groups is 1. The van der Waals surface area contributed by atoms with Crippen molar-refractivity contribution in [1.82, 2.24) is 9.88 Å². The molecule has 1 aromatic heterocycles. The first-order chi connectivity index (χ1) is 9.70. The highest BCUT2D eigenvalue weighted by Crippen LogP contribution is 2.29. The highest BCUT2D eigenvalue weighted by Gasteiger charge is 2.32. The number of nitrogens with two attached hydrogens (primary N) is 1. The summed E-state index contributed by atoms with van der Waals surface area (Å²) >= 11 is 0. The number of carbonyl (C=O) groups excluding carboxylic acids is 1. The molecule has 0 aliphatic heterocycles. The summed E-state index contributed by atoms with van der Waals surface area (Å²) in [6.07, 6.45) is 3.35. The predicted molar refractivity (Wildman–Crippen MR) is 80.6 cm³/mol. The van der Waals surface area contributed by atoms with Gasteiger partial charge < -0.3 is 15.6 Å². The van der Waals surface area contributed by atoms with Crippen LogP contribution in [0.1, 0.15) is 29.8 Å². The largest absolute Gasteiger partial charge is 0.351 e. The zero-order chi connectivity index (χ0) is 14.1. The second-order valence-electron chi connectivity index (χ2n) is 5.68. The van der Waals surface area contributed by atoms with E-state index < -0.39 is 0 Å². The summed E-state index contributed by atoms with van der Waals surface area (Å²) in [4.78, 5) is 17.7. The van der Waals surface area contributed by atoms with Gasteiger partial charge in [0.05, 0.1) is 0 Å². The lowest BCUT2D eigenvalue weighted by Gasteiger charge is -2.28. The molecule has 2 atom stereocenters. The Labute approximate surface area is 118 Å². The monoisotopic (exact) mass is 271 g/mol. The van der Waals surface area contributed by atoms with Crippen LogP contribution in [0.2, 0.25) is 0 Å². The third-order valence-electron chi connectivity index (χ3n) is 4.50. The van der Waals surface area contributed by atoms with Gasteiger partial charge in [0.25, 0.3) is 5.91 Å². The number of rotatable bonds is 3. The number of nitrogens with zero attached hydrogens (tertiary/aromatic N) is 1. The van der Waals surface area contributed by atoms with Crippen LogP contribution in [0, 0.1) is 5.92 Å². The van der Waals surface area contributed by atoms with Crippen molar-refractivity contribution in [3.63, 3.8) is 0 Å². The number of fused-ring (bicyclic) bond motifs is 1. The maximum Gasteiger partial charge on any atom is 0.270 e. The Morgan fingerprint density at radius 2 is 2.20 bits per heavy atom. The Kier molecular flexibility index (Phi) is 3.49. The lowest BCUT2D eigenvalue weighted by molar-refractivity contribution is 0.0695. The number of H-pyrrole nitrogens is 1. The molecule has 0 bridgehead atoms. The van der Waals surface area contributed by atoms with Crippen molar-refractivity contribution in [3.8, 4) is 0 Å². The molecular formula is C16H21N3O. The summed E-state index contributed by atoms with van der Waals surface area (Å²) in [5.41, 5.74) is 7.49. The van der Waals surface area contributed by atoms with E-state index in [-0.39, 0.29) is 11.9 Å². The van der Waals surface area contributed by atoms with Gasteiger partial charge in [-0.1, -0.05) is 24.6 Å². The van der Waals surface area contributed by atoms with Gasteiger partial charge >= 0.3 is 0 Å². The predicted octanol–water partition coefficient (Wildman–Crippen LogP) is 2.37. The summed E-state index contributed by atoms with van der Waals surface area (Å²) in [6.45, 7) is 0.662. The molecule has 1 fully saturated rings. The van der Waals surface area contributed by atoms with Gasteiger partial charge in [-0.2, -0.15) is 0 Å². The molecule has 2 aromatic rings. The Balaban J connectivity index is 1.84. The maximum absolute atomic E-state index is 12.6. The summed E-state index contributed by atoms with van der Waals surface area (Å²) in [7, 11) is 1.90. The fraction of sp³-hybridized carbons (Fsp3) is 0.438. The average Bonchev–Trinajstić information content (AvgIpc) is 3.11. The van der Waals surface area contributed by atoms with Gasteiger partial charge in [0.1, 0.15) is 5.69 Å². The Hall–Kier alpha value is -1.81. The van der Waals surface area contributed by atoms with Crippen LogP contribution in [-0.4, -0.2) is 35.4 Å². The van der Waals surface area contributed by atoms with Crippen molar-refractivity contribution in [1.29, 1.82) is 0 Å². The lowest BCUT2D eigenvalue weighted by Crippen LogP contribution is -2.41. The summed E-state index contributed by atoms with van der Waals surface area (Å²) < 4.78 is 0. The molecule has 0 radical (unpaired) electrons.